The van der Waals surface area contributed by atoms with E-state index in [0.29, 0.717) is 6.04 Å². The molecule has 0 unspecified atom stereocenters. The maximum absolute atomic E-state index is 10.7. The van der Waals surface area contributed by atoms with Gasteiger partial charge in [0.2, 0.25) is 5.91 Å². The Morgan fingerprint density at radius 2 is 2.30 bits per heavy atom. The number of nitrogens with one attached hydrogen (secondary N) is 1. The minimum atomic E-state index is -0.100. The fraction of sp³-hybridized carbons (Fsp3) is 0.571. The number of rotatable bonds is 2. The minimum Gasteiger partial charge on any atom is -0.350 e. The van der Waals surface area contributed by atoms with Crippen LogP contribution in [0.15, 0.2) is 12.7 Å². The van der Waals surface area contributed by atoms with E-state index in [0.717, 1.165) is 12.8 Å². The van der Waals surface area contributed by atoms with E-state index in [9.17, 15) is 4.79 Å². The van der Waals surface area contributed by atoms with Crippen LogP contribution >= 0.6 is 0 Å². The third-order valence-corrected chi connectivity index (χ3v) is 1.71. The zero-order valence-electron chi connectivity index (χ0n) is 5.84. The molecule has 1 rings (SSSR count). The second-order valence-corrected chi connectivity index (χ2v) is 2.64. The Balaban J connectivity index is 2.16. The van der Waals surface area contributed by atoms with Gasteiger partial charge in [0.15, 0.2) is 0 Å². The van der Waals surface area contributed by atoms with Gasteiger partial charge in [0, 0.05) is 12.1 Å². The molecule has 0 aromatic heterocycles. The molecule has 0 atom stereocenters. The lowest BCUT2D eigenvalue weighted by molar-refractivity contribution is -0.117. The van der Waals surface area contributed by atoms with Crippen molar-refractivity contribution >= 4 is 5.91 Å². The standard InChI is InChI=1S/C7H12N2O/c1-2-7(10)9-6-3-5(8)4-6/h2,5-6H,1,3-4,8H2,(H,9,10)/t5-,6+. The van der Waals surface area contributed by atoms with E-state index in [1.54, 1.807) is 0 Å². The van der Waals surface area contributed by atoms with Crippen molar-refractivity contribution in [3.05, 3.63) is 12.7 Å². The van der Waals surface area contributed by atoms with Gasteiger partial charge in [-0.25, -0.2) is 0 Å². The van der Waals surface area contributed by atoms with E-state index in [-0.39, 0.29) is 11.9 Å². The summed E-state index contributed by atoms with van der Waals surface area (Å²) in [4.78, 5) is 10.7. The molecule has 1 saturated carbocycles. The summed E-state index contributed by atoms with van der Waals surface area (Å²) in [7, 11) is 0. The third kappa shape index (κ3) is 1.57. The molecule has 1 fully saturated rings. The van der Waals surface area contributed by atoms with Crippen LogP contribution in [0.4, 0.5) is 0 Å². The minimum absolute atomic E-state index is 0.100. The third-order valence-electron chi connectivity index (χ3n) is 1.71. The van der Waals surface area contributed by atoms with Crippen LogP contribution in [0.2, 0.25) is 0 Å². The highest BCUT2D eigenvalue weighted by Crippen LogP contribution is 2.16. The van der Waals surface area contributed by atoms with Crippen molar-refractivity contribution in [2.75, 3.05) is 0 Å². The van der Waals surface area contributed by atoms with Crippen molar-refractivity contribution in [3.8, 4) is 0 Å². The summed E-state index contributed by atoms with van der Waals surface area (Å²) in [5, 5.41) is 2.76. The van der Waals surface area contributed by atoms with Crippen LogP contribution in [0.5, 0.6) is 0 Å². The lowest BCUT2D eigenvalue weighted by Gasteiger charge is -2.32. The fourth-order valence-electron chi connectivity index (χ4n) is 1.04. The van der Waals surface area contributed by atoms with E-state index < -0.39 is 0 Å². The molecule has 3 N–H and O–H groups in total. The van der Waals surface area contributed by atoms with Gasteiger partial charge in [0.25, 0.3) is 0 Å². The molecule has 1 aliphatic rings. The molecule has 56 valence electrons. The average Bonchev–Trinajstić information content (AvgIpc) is 1.84. The molecular formula is C7H12N2O. The molecule has 3 heteroatoms. The predicted octanol–water partition coefficient (Wildman–Crippen LogP) is -0.222. The van der Waals surface area contributed by atoms with Gasteiger partial charge in [-0.05, 0) is 18.9 Å². The van der Waals surface area contributed by atoms with Crippen LogP contribution in [0.25, 0.3) is 0 Å². The monoisotopic (exact) mass is 140 g/mol. The van der Waals surface area contributed by atoms with E-state index in [1.165, 1.54) is 6.08 Å². The highest BCUT2D eigenvalue weighted by molar-refractivity contribution is 5.87. The largest absolute Gasteiger partial charge is 0.350 e. The summed E-state index contributed by atoms with van der Waals surface area (Å²) in [6, 6.07) is 0.579. The zero-order valence-corrected chi connectivity index (χ0v) is 5.84. The summed E-state index contributed by atoms with van der Waals surface area (Å²) in [5.74, 6) is -0.100. The molecule has 0 heterocycles. The molecule has 1 aliphatic carbocycles. The highest BCUT2D eigenvalue weighted by atomic mass is 16.1. The first-order valence-corrected chi connectivity index (χ1v) is 3.41. The summed E-state index contributed by atoms with van der Waals surface area (Å²) in [6.07, 6.45) is 3.09. The summed E-state index contributed by atoms with van der Waals surface area (Å²) >= 11 is 0. The van der Waals surface area contributed by atoms with E-state index in [4.69, 9.17) is 5.73 Å². The second kappa shape index (κ2) is 2.84. The van der Waals surface area contributed by atoms with E-state index >= 15 is 0 Å². The Hall–Kier alpha value is -0.830. The Kier molecular flexibility index (Phi) is 2.06. The number of amides is 1. The molecule has 3 nitrogen and oxygen atoms in total. The van der Waals surface area contributed by atoms with Crippen molar-refractivity contribution in [2.24, 2.45) is 5.73 Å². The van der Waals surface area contributed by atoms with Gasteiger partial charge in [-0.3, -0.25) is 4.79 Å². The van der Waals surface area contributed by atoms with E-state index in [1.807, 2.05) is 0 Å². The van der Waals surface area contributed by atoms with Gasteiger partial charge in [-0.1, -0.05) is 6.58 Å². The molecule has 0 saturated heterocycles. The number of hydrogen-bond donors (Lipinski definition) is 2. The van der Waals surface area contributed by atoms with Gasteiger partial charge in [0.1, 0.15) is 0 Å². The molecule has 0 aliphatic heterocycles. The molecular weight excluding hydrogens is 128 g/mol. The van der Waals surface area contributed by atoms with Gasteiger partial charge >= 0.3 is 0 Å². The first kappa shape index (κ1) is 7.28. The van der Waals surface area contributed by atoms with Crippen molar-refractivity contribution in [1.82, 2.24) is 5.32 Å². The van der Waals surface area contributed by atoms with Crippen LogP contribution < -0.4 is 11.1 Å². The lowest BCUT2D eigenvalue weighted by atomic mass is 9.88. The van der Waals surface area contributed by atoms with Crippen LogP contribution in [0.1, 0.15) is 12.8 Å². The molecule has 10 heavy (non-hydrogen) atoms. The SMILES string of the molecule is C=CC(=O)N[C@H]1C[C@@H](N)C1. The number of carbonyl (C=O) groups excluding carboxylic acids is 1. The van der Waals surface area contributed by atoms with E-state index in [2.05, 4.69) is 11.9 Å². The maximum Gasteiger partial charge on any atom is 0.243 e. The normalized spacial score (nSPS) is 30.5. The van der Waals surface area contributed by atoms with Crippen molar-refractivity contribution in [3.63, 3.8) is 0 Å². The number of carbonyl (C=O) groups is 1. The zero-order chi connectivity index (χ0) is 7.56. The first-order valence-electron chi connectivity index (χ1n) is 3.41. The molecule has 1 amide bonds. The molecule has 0 aromatic rings. The Morgan fingerprint density at radius 1 is 1.70 bits per heavy atom. The van der Waals surface area contributed by atoms with Gasteiger partial charge in [0.05, 0.1) is 0 Å². The second-order valence-electron chi connectivity index (χ2n) is 2.64. The Morgan fingerprint density at radius 3 is 2.70 bits per heavy atom. The number of hydrogen-bond acceptors (Lipinski definition) is 2. The van der Waals surface area contributed by atoms with Gasteiger partial charge < -0.3 is 11.1 Å². The summed E-state index contributed by atoms with van der Waals surface area (Å²) in [5.41, 5.74) is 5.51. The molecule has 0 radical (unpaired) electrons. The van der Waals surface area contributed by atoms with Crippen molar-refractivity contribution in [1.29, 1.82) is 0 Å². The lowest BCUT2D eigenvalue weighted by Crippen LogP contribution is -2.49. The summed E-state index contributed by atoms with van der Waals surface area (Å²) in [6.45, 7) is 3.35. The van der Waals surface area contributed by atoms with Crippen LogP contribution in [-0.4, -0.2) is 18.0 Å². The smallest absolute Gasteiger partial charge is 0.243 e. The Bertz CT molecular complexity index is 150. The first-order chi connectivity index (χ1) is 4.72. The molecule has 0 aromatic carbocycles. The summed E-state index contributed by atoms with van der Waals surface area (Å²) < 4.78 is 0. The van der Waals surface area contributed by atoms with Crippen LogP contribution in [0, 0.1) is 0 Å². The topological polar surface area (TPSA) is 55.1 Å². The molecule has 0 spiro atoms. The quantitative estimate of drug-likeness (QED) is 0.521. The van der Waals surface area contributed by atoms with Crippen molar-refractivity contribution in [2.45, 2.75) is 24.9 Å². The van der Waals surface area contributed by atoms with Crippen LogP contribution in [0.3, 0.4) is 0 Å². The van der Waals surface area contributed by atoms with Crippen LogP contribution in [-0.2, 0) is 4.79 Å². The molecule has 0 bridgehead atoms. The predicted molar refractivity (Wildman–Crippen MR) is 39.3 cm³/mol. The van der Waals surface area contributed by atoms with Crippen molar-refractivity contribution < 1.29 is 4.79 Å². The maximum atomic E-state index is 10.7. The Labute approximate surface area is 60.3 Å². The van der Waals surface area contributed by atoms with Gasteiger partial charge in [-0.2, -0.15) is 0 Å². The highest BCUT2D eigenvalue weighted by Gasteiger charge is 2.26. The average molecular weight is 140 g/mol. The van der Waals surface area contributed by atoms with Gasteiger partial charge in [-0.15, -0.1) is 0 Å². The fourth-order valence-corrected chi connectivity index (χ4v) is 1.04. The number of nitrogens with two attached hydrogens (primary N) is 1.